The molecule has 0 aliphatic rings. The maximum Gasteiger partial charge on any atom is 0.146 e. The molecule has 0 N–H and O–H groups in total. The van der Waals surface area contributed by atoms with Crippen molar-refractivity contribution in [1.29, 1.82) is 0 Å². The normalized spacial score (nSPS) is 11.9. The highest BCUT2D eigenvalue weighted by Gasteiger charge is 2.41. The molecule has 2 heterocycles. The van der Waals surface area contributed by atoms with Gasteiger partial charge in [0.05, 0.1) is 10.6 Å². The third kappa shape index (κ3) is 3.65. The van der Waals surface area contributed by atoms with Crippen molar-refractivity contribution in [2.75, 3.05) is 0 Å². The van der Waals surface area contributed by atoms with Crippen LogP contribution in [0.5, 0.6) is 0 Å². The maximum absolute atomic E-state index is 4.53. The van der Waals surface area contributed by atoms with Crippen molar-refractivity contribution in [1.82, 2.24) is 4.98 Å². The molecule has 2 rings (SSSR count). The predicted octanol–water partition coefficient (Wildman–Crippen LogP) is 6.69. The van der Waals surface area contributed by atoms with E-state index in [0.29, 0.717) is 16.6 Å². The molecule has 0 radical (unpaired) electrons. The summed E-state index contributed by atoms with van der Waals surface area (Å²) in [6.07, 6.45) is 1.86. The number of thiophene rings is 1. The van der Waals surface area contributed by atoms with Crippen LogP contribution in [0.2, 0.25) is 16.6 Å². The van der Waals surface area contributed by atoms with Crippen LogP contribution in [0.25, 0.3) is 10.6 Å². The molecule has 0 amide bonds. The van der Waals surface area contributed by atoms with Gasteiger partial charge in [0.1, 0.15) is 8.07 Å². The van der Waals surface area contributed by atoms with E-state index in [1.165, 1.54) is 9.75 Å². The predicted molar refractivity (Wildman–Crippen MR) is 110 cm³/mol. The van der Waals surface area contributed by atoms with Gasteiger partial charge in [0.2, 0.25) is 0 Å². The van der Waals surface area contributed by atoms with Gasteiger partial charge in [-0.15, -0.1) is 16.9 Å². The van der Waals surface area contributed by atoms with E-state index in [2.05, 4.69) is 77.0 Å². The van der Waals surface area contributed by atoms with Gasteiger partial charge >= 0.3 is 0 Å². The molecule has 3 heteroatoms. The molecule has 0 fully saturated rings. The number of aryl methyl sites for hydroxylation is 1. The van der Waals surface area contributed by atoms with Crippen LogP contribution in [0.3, 0.4) is 0 Å². The molecule has 0 aromatic carbocycles. The van der Waals surface area contributed by atoms with Crippen LogP contribution in [0.15, 0.2) is 30.5 Å². The Morgan fingerprint density at radius 1 is 1.00 bits per heavy atom. The minimum Gasteiger partial charge on any atom is -0.255 e. The van der Waals surface area contributed by atoms with Crippen LogP contribution < -0.4 is 0 Å². The minimum absolute atomic E-state index is 0.656. The van der Waals surface area contributed by atoms with E-state index in [0.717, 1.165) is 11.3 Å². The standard InChI is InChI=1S/C21H29NSSi/c1-15(2)24(16(3)4,17(5)6)13-11-19-14-18(7)23-21(19)20-10-8-9-12-22-20/h8-10,12,14-17H,1-7H3. The summed E-state index contributed by atoms with van der Waals surface area (Å²) < 4.78 is 0. The Morgan fingerprint density at radius 2 is 1.62 bits per heavy atom. The van der Waals surface area contributed by atoms with Gasteiger partial charge in [-0.1, -0.05) is 53.5 Å². The van der Waals surface area contributed by atoms with Gasteiger partial charge in [-0.05, 0) is 41.7 Å². The SMILES string of the molecule is Cc1cc(C#C[Si](C(C)C)(C(C)C)C(C)C)c(-c2ccccn2)s1. The summed E-state index contributed by atoms with van der Waals surface area (Å²) >= 11 is 1.79. The average Bonchev–Trinajstić information content (AvgIpc) is 2.88. The molecule has 2 aromatic heterocycles. The van der Waals surface area contributed by atoms with Crippen molar-refractivity contribution in [3.8, 4) is 22.0 Å². The molecule has 24 heavy (non-hydrogen) atoms. The van der Waals surface area contributed by atoms with Crippen LogP contribution in [0.4, 0.5) is 0 Å². The summed E-state index contributed by atoms with van der Waals surface area (Å²) in [6.45, 7) is 16.3. The number of hydrogen-bond acceptors (Lipinski definition) is 2. The lowest BCUT2D eigenvalue weighted by Gasteiger charge is -2.38. The zero-order chi connectivity index (χ0) is 17.9. The van der Waals surface area contributed by atoms with Gasteiger partial charge in [-0.25, -0.2) is 0 Å². The molecule has 0 aliphatic carbocycles. The molecule has 0 bridgehead atoms. The number of nitrogens with zero attached hydrogens (tertiary/aromatic N) is 1. The summed E-state index contributed by atoms with van der Waals surface area (Å²) in [5.74, 6) is 3.60. The lowest BCUT2D eigenvalue weighted by atomic mass is 10.2. The van der Waals surface area contributed by atoms with E-state index in [1.54, 1.807) is 11.3 Å². The van der Waals surface area contributed by atoms with Gasteiger partial charge in [-0.2, -0.15) is 0 Å². The van der Waals surface area contributed by atoms with Crippen LogP contribution in [0, 0.1) is 18.4 Å². The first-order valence-corrected chi connectivity index (χ1v) is 11.9. The summed E-state index contributed by atoms with van der Waals surface area (Å²) in [4.78, 5) is 7.03. The van der Waals surface area contributed by atoms with E-state index in [9.17, 15) is 0 Å². The highest BCUT2D eigenvalue weighted by atomic mass is 32.1. The summed E-state index contributed by atoms with van der Waals surface area (Å²) in [6, 6.07) is 8.31. The molecule has 0 unspecified atom stereocenters. The second kappa shape index (κ2) is 7.67. The molecule has 0 saturated carbocycles. The van der Waals surface area contributed by atoms with E-state index < -0.39 is 8.07 Å². The summed E-state index contributed by atoms with van der Waals surface area (Å²) in [5, 5.41) is 0. The Labute approximate surface area is 152 Å². The Morgan fingerprint density at radius 3 is 2.12 bits per heavy atom. The summed E-state index contributed by atoms with van der Waals surface area (Å²) in [7, 11) is -1.70. The zero-order valence-electron chi connectivity index (χ0n) is 16.0. The Balaban J connectivity index is 2.54. The first-order valence-electron chi connectivity index (χ1n) is 8.84. The fourth-order valence-electron chi connectivity index (χ4n) is 3.90. The fourth-order valence-corrected chi connectivity index (χ4v) is 10.1. The Bertz CT molecular complexity index is 710. The first kappa shape index (κ1) is 19.0. The molecular formula is C21H29NSSi. The Kier molecular flexibility index (Phi) is 6.06. The van der Waals surface area contributed by atoms with Crippen molar-refractivity contribution < 1.29 is 0 Å². The smallest absolute Gasteiger partial charge is 0.146 e. The van der Waals surface area contributed by atoms with Gasteiger partial charge in [0.15, 0.2) is 0 Å². The quantitative estimate of drug-likeness (QED) is 0.440. The number of hydrogen-bond donors (Lipinski definition) is 0. The molecule has 0 aliphatic heterocycles. The highest BCUT2D eigenvalue weighted by Crippen LogP contribution is 2.41. The molecule has 128 valence electrons. The van der Waals surface area contributed by atoms with Gasteiger partial charge < -0.3 is 0 Å². The molecule has 0 saturated heterocycles. The van der Waals surface area contributed by atoms with Crippen LogP contribution in [0.1, 0.15) is 52.0 Å². The van der Waals surface area contributed by atoms with Gasteiger partial charge in [0, 0.05) is 16.6 Å². The fraction of sp³-hybridized carbons (Fsp3) is 0.476. The largest absolute Gasteiger partial charge is 0.255 e. The number of aromatic nitrogens is 1. The van der Waals surface area contributed by atoms with E-state index in [-0.39, 0.29) is 0 Å². The summed E-state index contributed by atoms with van der Waals surface area (Å²) in [5.41, 5.74) is 7.99. The van der Waals surface area contributed by atoms with Crippen molar-refractivity contribution >= 4 is 19.4 Å². The van der Waals surface area contributed by atoms with Gasteiger partial charge in [-0.3, -0.25) is 4.98 Å². The third-order valence-electron chi connectivity index (χ3n) is 5.03. The van der Waals surface area contributed by atoms with Gasteiger partial charge in [0.25, 0.3) is 0 Å². The monoisotopic (exact) mass is 355 g/mol. The highest BCUT2D eigenvalue weighted by molar-refractivity contribution is 7.15. The van der Waals surface area contributed by atoms with Crippen LogP contribution in [-0.4, -0.2) is 13.1 Å². The minimum atomic E-state index is -1.70. The number of rotatable bonds is 4. The van der Waals surface area contributed by atoms with E-state index in [1.807, 2.05) is 18.3 Å². The average molecular weight is 356 g/mol. The molecule has 2 aromatic rings. The third-order valence-corrected chi connectivity index (χ3v) is 12.4. The van der Waals surface area contributed by atoms with Crippen molar-refractivity contribution in [3.05, 3.63) is 40.9 Å². The van der Waals surface area contributed by atoms with Crippen molar-refractivity contribution in [2.24, 2.45) is 0 Å². The van der Waals surface area contributed by atoms with Crippen LogP contribution >= 0.6 is 11.3 Å². The number of pyridine rings is 1. The molecular weight excluding hydrogens is 326 g/mol. The lowest BCUT2D eigenvalue weighted by molar-refractivity contribution is 0.838. The second-order valence-corrected chi connectivity index (χ2v) is 14.3. The van der Waals surface area contributed by atoms with E-state index in [4.69, 9.17) is 0 Å². The molecule has 0 atom stereocenters. The lowest BCUT2D eigenvalue weighted by Crippen LogP contribution is -2.43. The van der Waals surface area contributed by atoms with Crippen LogP contribution in [-0.2, 0) is 0 Å². The first-order chi connectivity index (χ1) is 11.3. The van der Waals surface area contributed by atoms with Crippen molar-refractivity contribution in [2.45, 2.75) is 65.1 Å². The Hall–Kier alpha value is -1.37. The topological polar surface area (TPSA) is 12.9 Å². The molecule has 0 spiro atoms. The van der Waals surface area contributed by atoms with Crippen molar-refractivity contribution in [3.63, 3.8) is 0 Å². The maximum atomic E-state index is 4.53. The van der Waals surface area contributed by atoms with E-state index >= 15 is 0 Å². The zero-order valence-corrected chi connectivity index (χ0v) is 17.8. The molecule has 1 nitrogen and oxygen atoms in total. The second-order valence-electron chi connectivity index (χ2n) is 7.46.